The van der Waals surface area contributed by atoms with Crippen molar-refractivity contribution in [3.8, 4) is 5.75 Å². The second-order valence-corrected chi connectivity index (χ2v) is 9.02. The molecule has 0 spiro atoms. The highest BCUT2D eigenvalue weighted by Crippen LogP contribution is 2.45. The molecular formula is C23H18Cl2N2O4S. The third-order valence-electron chi connectivity index (χ3n) is 5.23. The summed E-state index contributed by atoms with van der Waals surface area (Å²) >= 11 is 13.8. The molecular weight excluding hydrogens is 471 g/mol. The first-order valence-electron chi connectivity index (χ1n) is 9.58. The molecule has 0 aliphatic carbocycles. The molecule has 0 saturated carbocycles. The van der Waals surface area contributed by atoms with E-state index in [4.69, 9.17) is 27.9 Å². The smallest absolute Gasteiger partial charge is 0.295 e. The lowest BCUT2D eigenvalue weighted by Gasteiger charge is -2.25. The number of rotatable bonds is 5. The zero-order chi connectivity index (χ0) is 23.0. The summed E-state index contributed by atoms with van der Waals surface area (Å²) in [4.78, 5) is 32.6. The third-order valence-corrected chi connectivity index (χ3v) is 6.80. The molecule has 1 saturated heterocycles. The predicted octanol–water partition coefficient (Wildman–Crippen LogP) is 5.39. The normalized spacial score (nSPS) is 17.8. The minimum atomic E-state index is -0.789. The molecule has 164 valence electrons. The Morgan fingerprint density at radius 2 is 2.06 bits per heavy atom. The number of halogens is 2. The lowest BCUT2D eigenvalue weighted by atomic mass is 9.98. The number of hydrogen-bond acceptors (Lipinski definition) is 6. The number of pyridine rings is 1. The minimum absolute atomic E-state index is 0.0407. The topological polar surface area (TPSA) is 79.7 Å². The van der Waals surface area contributed by atoms with Crippen molar-refractivity contribution >= 4 is 52.0 Å². The molecule has 2 aromatic heterocycles. The number of aliphatic hydroxyl groups excluding tert-OH is 1. The molecule has 1 atom stereocenters. The zero-order valence-corrected chi connectivity index (χ0v) is 19.5. The monoisotopic (exact) mass is 488 g/mol. The van der Waals surface area contributed by atoms with Gasteiger partial charge < -0.3 is 14.7 Å². The Morgan fingerprint density at radius 1 is 1.28 bits per heavy atom. The molecule has 9 heteroatoms. The van der Waals surface area contributed by atoms with Gasteiger partial charge in [0, 0.05) is 28.8 Å². The van der Waals surface area contributed by atoms with Gasteiger partial charge in [-0.3, -0.25) is 14.6 Å². The van der Waals surface area contributed by atoms with Crippen LogP contribution in [0.3, 0.4) is 0 Å². The Kier molecular flexibility index (Phi) is 6.24. The second-order valence-electron chi connectivity index (χ2n) is 7.22. The molecule has 6 nitrogen and oxygen atoms in total. The molecule has 1 aliphatic rings. The van der Waals surface area contributed by atoms with Crippen LogP contribution in [0.2, 0.25) is 10.0 Å². The lowest BCUT2D eigenvalue weighted by molar-refractivity contribution is -0.140. The van der Waals surface area contributed by atoms with Gasteiger partial charge in [0.05, 0.1) is 23.3 Å². The highest BCUT2D eigenvalue weighted by Gasteiger charge is 2.47. The van der Waals surface area contributed by atoms with E-state index in [1.165, 1.54) is 35.5 Å². The van der Waals surface area contributed by atoms with E-state index in [0.29, 0.717) is 0 Å². The summed E-state index contributed by atoms with van der Waals surface area (Å²) in [5, 5.41) is 13.6. The molecule has 0 radical (unpaired) electrons. The van der Waals surface area contributed by atoms with Gasteiger partial charge in [-0.2, -0.15) is 0 Å². The Balaban J connectivity index is 1.93. The number of aliphatic hydroxyl groups is 1. The minimum Gasteiger partial charge on any atom is -0.507 e. The number of hydrogen-bond donors (Lipinski definition) is 1. The van der Waals surface area contributed by atoms with E-state index >= 15 is 0 Å². The average molecular weight is 489 g/mol. The molecule has 1 aromatic carbocycles. The number of aryl methyl sites for hydroxylation is 1. The van der Waals surface area contributed by atoms with Crippen molar-refractivity contribution in [1.29, 1.82) is 0 Å². The first-order valence-corrected chi connectivity index (χ1v) is 11.2. The number of aromatic nitrogens is 1. The van der Waals surface area contributed by atoms with Gasteiger partial charge in [0.25, 0.3) is 11.7 Å². The van der Waals surface area contributed by atoms with Crippen LogP contribution < -0.4 is 4.74 Å². The number of likely N-dealkylation sites (tertiary alicyclic amines) is 1. The van der Waals surface area contributed by atoms with Gasteiger partial charge in [-0.25, -0.2) is 0 Å². The van der Waals surface area contributed by atoms with Crippen LogP contribution >= 0.6 is 34.5 Å². The summed E-state index contributed by atoms with van der Waals surface area (Å²) < 4.78 is 5.35. The van der Waals surface area contributed by atoms with Crippen LogP contribution in [0, 0.1) is 6.92 Å². The van der Waals surface area contributed by atoms with Crippen LogP contribution in [0.4, 0.5) is 0 Å². The van der Waals surface area contributed by atoms with E-state index < -0.39 is 23.5 Å². The third kappa shape index (κ3) is 3.88. The number of carbonyl (C=O) groups excluding carboxylic acids is 2. The molecule has 4 rings (SSSR count). The largest absolute Gasteiger partial charge is 0.507 e. The molecule has 1 fully saturated rings. The first-order chi connectivity index (χ1) is 15.3. The maximum atomic E-state index is 13.2. The quantitative estimate of drug-likeness (QED) is 0.295. The molecule has 1 unspecified atom stereocenters. The molecule has 1 N–H and O–H groups in total. The fourth-order valence-electron chi connectivity index (χ4n) is 3.76. The van der Waals surface area contributed by atoms with Gasteiger partial charge in [-0.15, -0.1) is 11.3 Å². The van der Waals surface area contributed by atoms with Crippen LogP contribution in [-0.2, 0) is 16.1 Å². The maximum Gasteiger partial charge on any atom is 0.295 e. The van der Waals surface area contributed by atoms with E-state index in [9.17, 15) is 14.7 Å². The fourth-order valence-corrected chi connectivity index (χ4v) is 5.37. The SMILES string of the molecule is COc1c(Cl)cc(Cl)cc1/C(O)=C1\C(=O)C(=O)N(Cc2cccnc2)C1c1sccc1C. The number of thiophene rings is 1. The fraction of sp³-hybridized carbons (Fsp3) is 0.174. The highest BCUT2D eigenvalue weighted by atomic mass is 35.5. The number of ketones is 1. The van der Waals surface area contributed by atoms with Gasteiger partial charge >= 0.3 is 0 Å². The Hall–Kier alpha value is -2.87. The molecule has 3 aromatic rings. The zero-order valence-electron chi connectivity index (χ0n) is 17.1. The molecule has 1 aliphatic heterocycles. The second kappa shape index (κ2) is 8.94. The van der Waals surface area contributed by atoms with Crippen molar-refractivity contribution in [2.45, 2.75) is 19.5 Å². The van der Waals surface area contributed by atoms with Crippen LogP contribution in [-0.4, -0.2) is 33.8 Å². The number of benzene rings is 1. The van der Waals surface area contributed by atoms with Crippen molar-refractivity contribution in [2.24, 2.45) is 0 Å². The van der Waals surface area contributed by atoms with E-state index in [1.54, 1.807) is 18.5 Å². The Labute approximate surface area is 198 Å². The van der Waals surface area contributed by atoms with Crippen LogP contribution in [0.25, 0.3) is 5.76 Å². The van der Waals surface area contributed by atoms with Gasteiger partial charge in [0.15, 0.2) is 0 Å². The number of carbonyl (C=O) groups is 2. The summed E-state index contributed by atoms with van der Waals surface area (Å²) in [6.45, 7) is 2.05. The Morgan fingerprint density at radius 3 is 2.69 bits per heavy atom. The van der Waals surface area contributed by atoms with E-state index in [1.807, 2.05) is 24.4 Å². The van der Waals surface area contributed by atoms with Crippen molar-refractivity contribution in [1.82, 2.24) is 9.88 Å². The summed E-state index contributed by atoms with van der Waals surface area (Å²) in [5.74, 6) is -1.73. The van der Waals surface area contributed by atoms with Crippen molar-refractivity contribution in [3.05, 3.63) is 85.3 Å². The van der Waals surface area contributed by atoms with Gasteiger partial charge in [0.1, 0.15) is 17.6 Å². The van der Waals surface area contributed by atoms with E-state index in [0.717, 1.165) is 16.0 Å². The van der Waals surface area contributed by atoms with E-state index in [2.05, 4.69) is 4.98 Å². The molecule has 3 heterocycles. The van der Waals surface area contributed by atoms with Crippen molar-refractivity contribution < 1.29 is 19.4 Å². The van der Waals surface area contributed by atoms with Crippen molar-refractivity contribution in [2.75, 3.05) is 7.11 Å². The average Bonchev–Trinajstić information content (AvgIpc) is 3.29. The highest BCUT2D eigenvalue weighted by molar-refractivity contribution is 7.10. The lowest BCUT2D eigenvalue weighted by Crippen LogP contribution is -2.29. The number of ether oxygens (including phenoxy) is 1. The molecule has 32 heavy (non-hydrogen) atoms. The van der Waals surface area contributed by atoms with Gasteiger partial charge in [0.2, 0.25) is 0 Å². The van der Waals surface area contributed by atoms with Gasteiger partial charge in [-0.05, 0) is 47.7 Å². The van der Waals surface area contributed by atoms with E-state index in [-0.39, 0.29) is 33.5 Å². The summed E-state index contributed by atoms with van der Waals surface area (Å²) in [5.41, 5.74) is 1.77. The Bertz CT molecular complexity index is 1240. The maximum absolute atomic E-state index is 13.2. The number of nitrogens with zero attached hydrogens (tertiary/aromatic N) is 2. The molecule has 0 bridgehead atoms. The summed E-state index contributed by atoms with van der Waals surface area (Å²) in [6, 6.07) is 7.63. The van der Waals surface area contributed by atoms with Crippen LogP contribution in [0.5, 0.6) is 5.75 Å². The summed E-state index contributed by atoms with van der Waals surface area (Å²) in [6.07, 6.45) is 3.27. The first kappa shape index (κ1) is 22.3. The number of methoxy groups -OCH3 is 1. The number of amides is 1. The standard InChI is InChI=1S/C23H18Cl2N2O4S/c1-12-5-7-32-22(12)18-17(19(28)15-8-14(24)9-16(25)21(15)31-2)20(29)23(30)27(18)11-13-4-3-6-26-10-13/h3-10,18,28H,11H2,1-2H3/b19-17+. The number of Topliss-reactive ketones (excluding diaryl/α,β-unsaturated/α-hetero) is 1. The predicted molar refractivity (Wildman–Crippen MR) is 124 cm³/mol. The van der Waals surface area contributed by atoms with Crippen LogP contribution in [0.1, 0.15) is 27.6 Å². The van der Waals surface area contributed by atoms with Gasteiger partial charge in [-0.1, -0.05) is 29.3 Å². The summed E-state index contributed by atoms with van der Waals surface area (Å²) in [7, 11) is 1.40. The molecule has 1 amide bonds. The van der Waals surface area contributed by atoms with Crippen molar-refractivity contribution in [3.63, 3.8) is 0 Å². The van der Waals surface area contributed by atoms with Crippen LogP contribution in [0.15, 0.2) is 53.7 Å².